The number of fused-ring (bicyclic) bond motifs is 1. The normalized spacial score (nSPS) is 11.2. The number of aliphatic carboxylic acids is 1. The predicted octanol–water partition coefficient (Wildman–Crippen LogP) is 3.96. The Hall–Kier alpha value is -1.75. The third-order valence-corrected chi connectivity index (χ3v) is 5.70. The lowest BCUT2D eigenvalue weighted by Crippen LogP contribution is -2.29. The topological polar surface area (TPSA) is 90.2 Å². The molecule has 0 aliphatic rings. The third-order valence-electron chi connectivity index (χ3n) is 3.10. The fraction of sp³-hybridized carbons (Fsp3) is 0.267. The van der Waals surface area contributed by atoms with E-state index in [9.17, 15) is 14.9 Å². The minimum Gasteiger partial charge on any atom is -0.480 e. The number of halogens is 1. The highest BCUT2D eigenvalue weighted by Gasteiger charge is 2.28. The van der Waals surface area contributed by atoms with Crippen molar-refractivity contribution in [3.8, 4) is 6.07 Å². The van der Waals surface area contributed by atoms with E-state index in [0.29, 0.717) is 15.6 Å². The fourth-order valence-corrected chi connectivity index (χ4v) is 3.77. The summed E-state index contributed by atoms with van der Waals surface area (Å²) in [4.78, 5) is 23.1. The van der Waals surface area contributed by atoms with E-state index in [0.717, 1.165) is 21.8 Å². The third kappa shape index (κ3) is 3.96. The SMILES string of the molecule is CC(C)(SCC(=O)Nc1sc2cc(Cl)ccc2c1C#N)C(=O)O. The number of nitrogens with one attached hydrogen (secondary N) is 1. The molecule has 23 heavy (non-hydrogen) atoms. The minimum atomic E-state index is -1.05. The summed E-state index contributed by atoms with van der Waals surface area (Å²) in [5.74, 6) is -1.35. The van der Waals surface area contributed by atoms with Crippen LogP contribution in [-0.2, 0) is 9.59 Å². The molecule has 0 bridgehead atoms. The Morgan fingerprint density at radius 2 is 2.17 bits per heavy atom. The summed E-state index contributed by atoms with van der Waals surface area (Å²) in [6, 6.07) is 7.25. The van der Waals surface area contributed by atoms with Gasteiger partial charge in [0.2, 0.25) is 5.91 Å². The Balaban J connectivity index is 2.17. The first kappa shape index (κ1) is 17.6. The molecule has 0 unspecified atom stereocenters. The Morgan fingerprint density at radius 3 is 2.78 bits per heavy atom. The molecule has 5 nitrogen and oxygen atoms in total. The second-order valence-electron chi connectivity index (χ2n) is 5.21. The lowest BCUT2D eigenvalue weighted by atomic mass is 10.2. The molecule has 2 rings (SSSR count). The van der Waals surface area contributed by atoms with E-state index in [2.05, 4.69) is 11.4 Å². The van der Waals surface area contributed by atoms with Gasteiger partial charge in [0.1, 0.15) is 15.8 Å². The summed E-state index contributed by atoms with van der Waals surface area (Å²) in [6.45, 7) is 3.07. The van der Waals surface area contributed by atoms with Crippen LogP contribution in [0.2, 0.25) is 5.02 Å². The largest absolute Gasteiger partial charge is 0.480 e. The van der Waals surface area contributed by atoms with Crippen molar-refractivity contribution < 1.29 is 14.7 Å². The number of thioether (sulfide) groups is 1. The molecule has 0 saturated carbocycles. The van der Waals surface area contributed by atoms with E-state index in [1.54, 1.807) is 18.2 Å². The molecule has 8 heteroatoms. The number of carbonyl (C=O) groups is 2. The molecule has 0 aliphatic heterocycles. The Morgan fingerprint density at radius 1 is 1.48 bits per heavy atom. The fourth-order valence-electron chi connectivity index (χ4n) is 1.74. The van der Waals surface area contributed by atoms with Crippen molar-refractivity contribution >= 4 is 61.7 Å². The molecule has 1 aromatic heterocycles. The first-order valence-electron chi connectivity index (χ1n) is 6.54. The number of anilines is 1. The zero-order chi connectivity index (χ0) is 17.2. The van der Waals surface area contributed by atoms with Gasteiger partial charge in [-0.15, -0.1) is 23.1 Å². The Kier molecular flexibility index (Phi) is 5.19. The number of hydrogen-bond donors (Lipinski definition) is 2. The number of rotatable bonds is 5. The highest BCUT2D eigenvalue weighted by atomic mass is 35.5. The Labute approximate surface area is 146 Å². The number of amides is 1. The van der Waals surface area contributed by atoms with Gasteiger partial charge >= 0.3 is 5.97 Å². The molecule has 0 saturated heterocycles. The summed E-state index contributed by atoms with van der Waals surface area (Å²) >= 11 is 8.23. The van der Waals surface area contributed by atoms with Crippen LogP contribution in [0.1, 0.15) is 19.4 Å². The number of carbonyl (C=O) groups excluding carboxylic acids is 1. The molecule has 0 fully saturated rings. The van der Waals surface area contributed by atoms with Gasteiger partial charge in [0.05, 0.1) is 11.3 Å². The molecule has 1 heterocycles. The first-order chi connectivity index (χ1) is 10.7. The van der Waals surface area contributed by atoms with Crippen molar-refractivity contribution in [1.29, 1.82) is 5.26 Å². The molecular formula is C15H13ClN2O3S2. The van der Waals surface area contributed by atoms with Gasteiger partial charge in [-0.25, -0.2) is 0 Å². The minimum absolute atomic E-state index is 0.0147. The maximum atomic E-state index is 12.0. The number of nitriles is 1. The lowest BCUT2D eigenvalue weighted by Gasteiger charge is -2.17. The molecule has 0 aliphatic carbocycles. The standard InChI is InChI=1S/C15H13ClN2O3S2/c1-15(2,14(20)21)22-7-12(19)18-13-10(6-17)9-4-3-8(16)5-11(9)23-13/h3-5H,7H2,1-2H3,(H,18,19)(H,20,21). The lowest BCUT2D eigenvalue weighted by molar-refractivity contribution is -0.138. The van der Waals surface area contributed by atoms with Crippen LogP contribution >= 0.6 is 34.7 Å². The number of carboxylic acid groups (broad SMARTS) is 1. The monoisotopic (exact) mass is 368 g/mol. The van der Waals surface area contributed by atoms with Gasteiger partial charge in [-0.3, -0.25) is 9.59 Å². The molecule has 2 aromatic rings. The van der Waals surface area contributed by atoms with Crippen molar-refractivity contribution in [2.45, 2.75) is 18.6 Å². The molecule has 0 atom stereocenters. The van der Waals surface area contributed by atoms with Crippen LogP contribution in [0.25, 0.3) is 10.1 Å². The van der Waals surface area contributed by atoms with Gasteiger partial charge in [0.25, 0.3) is 0 Å². The van der Waals surface area contributed by atoms with Crippen LogP contribution in [0.15, 0.2) is 18.2 Å². The zero-order valence-electron chi connectivity index (χ0n) is 12.3. The summed E-state index contributed by atoms with van der Waals surface area (Å²) < 4.78 is -0.244. The van der Waals surface area contributed by atoms with Gasteiger partial charge < -0.3 is 10.4 Å². The van der Waals surface area contributed by atoms with E-state index in [-0.39, 0.29) is 11.7 Å². The van der Waals surface area contributed by atoms with Crippen LogP contribution in [0.4, 0.5) is 5.00 Å². The van der Waals surface area contributed by atoms with Crippen LogP contribution < -0.4 is 5.32 Å². The van der Waals surface area contributed by atoms with Crippen LogP contribution in [0.3, 0.4) is 0 Å². The van der Waals surface area contributed by atoms with Gasteiger partial charge in [0, 0.05) is 15.1 Å². The second kappa shape index (κ2) is 6.79. The van der Waals surface area contributed by atoms with Gasteiger partial charge in [-0.05, 0) is 26.0 Å². The number of nitrogens with zero attached hydrogens (tertiary/aromatic N) is 1. The molecule has 0 spiro atoms. The molecule has 2 N–H and O–H groups in total. The second-order valence-corrected chi connectivity index (χ2v) is 8.30. The first-order valence-corrected chi connectivity index (χ1v) is 8.72. The van der Waals surface area contributed by atoms with Gasteiger partial charge in [0.15, 0.2) is 0 Å². The summed E-state index contributed by atoms with van der Waals surface area (Å²) in [5.41, 5.74) is 0.387. The number of hydrogen-bond acceptors (Lipinski definition) is 5. The molecule has 120 valence electrons. The summed E-state index contributed by atoms with van der Waals surface area (Å²) in [6.07, 6.45) is 0. The smallest absolute Gasteiger partial charge is 0.319 e. The van der Waals surface area contributed by atoms with Crippen LogP contribution in [0, 0.1) is 11.3 Å². The summed E-state index contributed by atoms with van der Waals surface area (Å²) in [5, 5.41) is 22.8. The van der Waals surface area contributed by atoms with E-state index in [1.165, 1.54) is 25.2 Å². The van der Waals surface area contributed by atoms with Gasteiger partial charge in [-0.2, -0.15) is 5.26 Å². The van der Waals surface area contributed by atoms with Crippen LogP contribution in [0.5, 0.6) is 0 Å². The van der Waals surface area contributed by atoms with Gasteiger partial charge in [-0.1, -0.05) is 17.7 Å². The van der Waals surface area contributed by atoms with E-state index < -0.39 is 10.7 Å². The van der Waals surface area contributed by atoms with Crippen molar-refractivity contribution in [3.63, 3.8) is 0 Å². The maximum Gasteiger partial charge on any atom is 0.319 e. The Bertz CT molecular complexity index is 824. The highest BCUT2D eigenvalue weighted by Crippen LogP contribution is 2.36. The van der Waals surface area contributed by atoms with Crippen molar-refractivity contribution in [3.05, 3.63) is 28.8 Å². The molecular weight excluding hydrogens is 356 g/mol. The molecule has 1 amide bonds. The summed E-state index contributed by atoms with van der Waals surface area (Å²) in [7, 11) is 0. The zero-order valence-corrected chi connectivity index (χ0v) is 14.7. The predicted molar refractivity (Wildman–Crippen MR) is 94.4 cm³/mol. The van der Waals surface area contributed by atoms with E-state index in [1.807, 2.05) is 0 Å². The number of thiophene rings is 1. The maximum absolute atomic E-state index is 12.0. The van der Waals surface area contributed by atoms with Crippen molar-refractivity contribution in [1.82, 2.24) is 0 Å². The van der Waals surface area contributed by atoms with Crippen LogP contribution in [-0.4, -0.2) is 27.5 Å². The average Bonchev–Trinajstić information content (AvgIpc) is 2.81. The average molecular weight is 369 g/mol. The quantitative estimate of drug-likeness (QED) is 0.833. The van der Waals surface area contributed by atoms with Crippen molar-refractivity contribution in [2.24, 2.45) is 0 Å². The molecule has 0 radical (unpaired) electrons. The highest BCUT2D eigenvalue weighted by molar-refractivity contribution is 8.02. The number of benzene rings is 1. The molecule has 1 aromatic carbocycles. The van der Waals surface area contributed by atoms with Crippen molar-refractivity contribution in [2.75, 3.05) is 11.1 Å². The number of carboxylic acids is 1. The van der Waals surface area contributed by atoms with E-state index >= 15 is 0 Å². The van der Waals surface area contributed by atoms with E-state index in [4.69, 9.17) is 16.7 Å².